The molecule has 0 aliphatic carbocycles. The zero-order chi connectivity index (χ0) is 18.0. The van der Waals surface area contributed by atoms with Crippen molar-refractivity contribution in [3.05, 3.63) is 12.3 Å². The van der Waals surface area contributed by atoms with Gasteiger partial charge in [0, 0.05) is 43.2 Å². The lowest BCUT2D eigenvalue weighted by molar-refractivity contribution is 0.871. The van der Waals surface area contributed by atoms with E-state index in [9.17, 15) is 0 Å². The van der Waals surface area contributed by atoms with E-state index >= 15 is 0 Å². The van der Waals surface area contributed by atoms with Gasteiger partial charge < -0.3 is 9.80 Å². The molecule has 2 fully saturated rings. The van der Waals surface area contributed by atoms with Gasteiger partial charge in [-0.05, 0) is 31.7 Å². The maximum absolute atomic E-state index is 8.04. The Bertz CT molecular complexity index is 618. The first kappa shape index (κ1) is 4.51. The van der Waals surface area contributed by atoms with Gasteiger partial charge >= 0.3 is 0 Å². The third-order valence-corrected chi connectivity index (χ3v) is 2.64. The molecule has 1 aromatic heterocycles. The molecule has 0 spiro atoms. The second kappa shape index (κ2) is 4.28. The summed E-state index contributed by atoms with van der Waals surface area (Å²) >= 11 is 0. The molecule has 0 unspecified atom stereocenters. The molecule has 2 aliphatic heterocycles. The zero-order valence-electron chi connectivity index (χ0n) is 16.8. The summed E-state index contributed by atoms with van der Waals surface area (Å²) in [6.45, 7) is -4.36. The van der Waals surface area contributed by atoms with Gasteiger partial charge in [0.1, 0.15) is 5.82 Å². The van der Waals surface area contributed by atoms with Crippen molar-refractivity contribution >= 4 is 11.8 Å². The minimum atomic E-state index is -3.07. The smallest absolute Gasteiger partial charge is 0.227 e. The first-order valence-corrected chi connectivity index (χ1v) is 5.33. The van der Waals surface area contributed by atoms with Crippen LogP contribution in [0.1, 0.15) is 36.6 Å². The van der Waals surface area contributed by atoms with E-state index in [-0.39, 0.29) is 5.82 Å². The van der Waals surface area contributed by atoms with Crippen LogP contribution in [0.4, 0.5) is 11.8 Å². The highest BCUT2D eigenvalue weighted by atomic mass is 15.3. The molecule has 2 aliphatic rings. The van der Waals surface area contributed by atoms with Crippen molar-refractivity contribution in [2.75, 3.05) is 35.9 Å². The number of anilines is 2. The Labute approximate surface area is 108 Å². The summed E-state index contributed by atoms with van der Waals surface area (Å²) in [4.78, 5) is 10.6. The predicted molar refractivity (Wildman–Crippen MR) is 64.9 cm³/mol. The van der Waals surface area contributed by atoms with Crippen molar-refractivity contribution in [2.24, 2.45) is 0 Å². The lowest BCUT2D eigenvalue weighted by Gasteiger charge is -2.19. The standard InChI is InChI=1S/C12H18N4/c1-2-8-15(7-1)11-5-6-13-12(14-11)16-9-3-4-10-16/h5-6H,1-4,7-10H2/i1D2,2D2,7D2,8D2. The molecule has 0 aromatic carbocycles. The van der Waals surface area contributed by atoms with E-state index in [1.807, 2.05) is 4.90 Å². The molecule has 16 heavy (non-hydrogen) atoms. The number of hydrogen-bond acceptors (Lipinski definition) is 4. The summed E-state index contributed by atoms with van der Waals surface area (Å²) in [6.07, 6.45) is -2.83. The highest BCUT2D eigenvalue weighted by Crippen LogP contribution is 2.21. The monoisotopic (exact) mass is 226 g/mol. The molecule has 4 heteroatoms. The van der Waals surface area contributed by atoms with E-state index in [1.165, 1.54) is 12.3 Å². The highest BCUT2D eigenvalue weighted by Gasteiger charge is 2.18. The molecule has 86 valence electrons. The average Bonchev–Trinajstić information content (AvgIpc) is 3.02. The molecule has 0 saturated carbocycles. The minimum absolute atomic E-state index is 0.174. The molecule has 0 atom stereocenters. The van der Waals surface area contributed by atoms with Gasteiger partial charge in [-0.25, -0.2) is 4.98 Å². The number of rotatable bonds is 2. The summed E-state index contributed by atoms with van der Waals surface area (Å²) in [5, 5.41) is 0. The first-order valence-electron chi connectivity index (χ1n) is 9.33. The summed E-state index contributed by atoms with van der Waals surface area (Å²) in [7, 11) is 0. The maximum atomic E-state index is 8.04. The van der Waals surface area contributed by atoms with E-state index in [1.54, 1.807) is 0 Å². The molecule has 3 rings (SSSR count). The third-order valence-electron chi connectivity index (χ3n) is 2.64. The highest BCUT2D eigenvalue weighted by molar-refractivity contribution is 5.44. The Morgan fingerprint density at radius 3 is 2.62 bits per heavy atom. The lowest BCUT2D eigenvalue weighted by Crippen LogP contribution is -2.23. The number of nitrogens with zero attached hydrogens (tertiary/aromatic N) is 4. The first-order chi connectivity index (χ1) is 10.9. The second-order valence-electron chi connectivity index (χ2n) is 3.72. The predicted octanol–water partition coefficient (Wildman–Crippen LogP) is 1.68. The van der Waals surface area contributed by atoms with Crippen LogP contribution in [0.15, 0.2) is 12.3 Å². The fraction of sp³-hybridized carbons (Fsp3) is 0.667. The summed E-state index contributed by atoms with van der Waals surface area (Å²) in [5.41, 5.74) is 0. The Balaban J connectivity index is 2.09. The van der Waals surface area contributed by atoms with Crippen LogP contribution in [-0.2, 0) is 0 Å². The lowest BCUT2D eigenvalue weighted by atomic mass is 10.4. The summed E-state index contributed by atoms with van der Waals surface area (Å²) in [5.74, 6) is 0.136. The zero-order valence-corrected chi connectivity index (χ0v) is 8.77. The Morgan fingerprint density at radius 1 is 1.12 bits per heavy atom. The quantitative estimate of drug-likeness (QED) is 0.768. The molecule has 0 radical (unpaired) electrons. The van der Waals surface area contributed by atoms with Gasteiger partial charge in [0.2, 0.25) is 5.95 Å². The van der Waals surface area contributed by atoms with Crippen LogP contribution in [-0.4, -0.2) is 36.1 Å². The van der Waals surface area contributed by atoms with Gasteiger partial charge in [0.15, 0.2) is 0 Å². The molecular weight excluding hydrogens is 200 g/mol. The molecule has 0 bridgehead atoms. The maximum Gasteiger partial charge on any atom is 0.227 e. The average molecular weight is 226 g/mol. The minimum Gasteiger partial charge on any atom is -0.356 e. The van der Waals surface area contributed by atoms with Gasteiger partial charge in [0.25, 0.3) is 0 Å². The van der Waals surface area contributed by atoms with Crippen LogP contribution in [0.3, 0.4) is 0 Å². The van der Waals surface area contributed by atoms with Crippen molar-refractivity contribution in [3.8, 4) is 0 Å². The number of aromatic nitrogens is 2. The van der Waals surface area contributed by atoms with Gasteiger partial charge in [-0.1, -0.05) is 0 Å². The van der Waals surface area contributed by atoms with Crippen molar-refractivity contribution in [3.63, 3.8) is 0 Å². The number of hydrogen-bond donors (Lipinski definition) is 0. The molecule has 4 nitrogen and oxygen atoms in total. The fourth-order valence-electron chi connectivity index (χ4n) is 1.84. The largest absolute Gasteiger partial charge is 0.356 e. The van der Waals surface area contributed by atoms with E-state index < -0.39 is 25.7 Å². The van der Waals surface area contributed by atoms with Crippen LogP contribution < -0.4 is 9.80 Å². The van der Waals surface area contributed by atoms with Crippen LogP contribution in [0, 0.1) is 0 Å². The molecular formula is C12H18N4. The Kier molecular flexibility index (Phi) is 1.21. The summed E-state index contributed by atoms with van der Waals surface area (Å²) in [6, 6.07) is 1.27. The van der Waals surface area contributed by atoms with Gasteiger partial charge in [-0.3, -0.25) is 0 Å². The van der Waals surface area contributed by atoms with Gasteiger partial charge in [-0.15, -0.1) is 0 Å². The Morgan fingerprint density at radius 2 is 1.88 bits per heavy atom. The Hall–Kier alpha value is -1.32. The van der Waals surface area contributed by atoms with Crippen LogP contribution in [0.25, 0.3) is 0 Å². The molecule has 3 heterocycles. The SMILES string of the molecule is [2H]C1([2H])N(c2ccnc(N3CCCC3)n2)C([2H])([2H])C([2H])([2H])C1([2H])[2H]. The van der Waals surface area contributed by atoms with E-state index in [0.717, 1.165) is 25.9 Å². The molecule has 0 N–H and O–H groups in total. The van der Waals surface area contributed by atoms with Crippen LogP contribution in [0.2, 0.25) is 0 Å². The molecule has 2 saturated heterocycles. The topological polar surface area (TPSA) is 32.3 Å². The van der Waals surface area contributed by atoms with Crippen LogP contribution in [0.5, 0.6) is 0 Å². The van der Waals surface area contributed by atoms with E-state index in [4.69, 9.17) is 11.0 Å². The molecule has 0 amide bonds. The third kappa shape index (κ3) is 1.84. The second-order valence-corrected chi connectivity index (χ2v) is 3.72. The summed E-state index contributed by atoms with van der Waals surface area (Å²) < 4.78 is 63.5. The van der Waals surface area contributed by atoms with Crippen molar-refractivity contribution in [1.82, 2.24) is 9.97 Å². The fourth-order valence-corrected chi connectivity index (χ4v) is 1.84. The van der Waals surface area contributed by atoms with Crippen molar-refractivity contribution in [1.29, 1.82) is 0 Å². The van der Waals surface area contributed by atoms with Crippen molar-refractivity contribution in [2.45, 2.75) is 25.6 Å². The van der Waals surface area contributed by atoms with E-state index in [0.29, 0.717) is 10.8 Å². The van der Waals surface area contributed by atoms with Gasteiger partial charge in [-0.2, -0.15) is 4.98 Å². The van der Waals surface area contributed by atoms with E-state index in [2.05, 4.69) is 9.97 Å². The van der Waals surface area contributed by atoms with Crippen molar-refractivity contribution < 1.29 is 11.0 Å². The molecule has 1 aromatic rings. The normalized spacial score (nSPS) is 40.8. The van der Waals surface area contributed by atoms with Gasteiger partial charge in [0.05, 0.1) is 0 Å². The van der Waals surface area contributed by atoms with Crippen LogP contribution >= 0.6 is 0 Å².